The van der Waals surface area contributed by atoms with E-state index in [0.717, 1.165) is 0 Å². The number of hydrogen-bond acceptors (Lipinski definition) is 2. The first-order valence-corrected chi connectivity index (χ1v) is 5.63. The van der Waals surface area contributed by atoms with Gasteiger partial charge in [0.25, 0.3) is 0 Å². The lowest BCUT2D eigenvalue weighted by Gasteiger charge is -2.29. The second kappa shape index (κ2) is 6.23. The summed E-state index contributed by atoms with van der Waals surface area (Å²) < 4.78 is 36.1. The summed E-state index contributed by atoms with van der Waals surface area (Å²) in [6.07, 6.45) is -5.12. The number of hydrogen-bond donors (Lipinski definition) is 2. The quantitative estimate of drug-likeness (QED) is 0.735. The average Bonchev–Trinajstić information content (AvgIpc) is 2.13. The van der Waals surface area contributed by atoms with Crippen molar-refractivity contribution in [2.24, 2.45) is 17.1 Å². The molecule has 0 aliphatic rings. The monoisotopic (exact) mass is 255 g/mol. The molecule has 0 amide bonds. The van der Waals surface area contributed by atoms with E-state index in [2.05, 4.69) is 0 Å². The van der Waals surface area contributed by atoms with Gasteiger partial charge in [0.1, 0.15) is 0 Å². The van der Waals surface area contributed by atoms with Crippen LogP contribution in [0.4, 0.5) is 13.2 Å². The first-order chi connectivity index (χ1) is 7.63. The van der Waals surface area contributed by atoms with Gasteiger partial charge in [-0.25, -0.2) is 0 Å². The van der Waals surface area contributed by atoms with Gasteiger partial charge < -0.3 is 10.8 Å². The van der Waals surface area contributed by atoms with E-state index >= 15 is 0 Å². The standard InChI is InChI=1S/C11H20F3NO2/c1-8(2)6-10(7-15,9(16)17)4-3-5-11(12,13)14/h8H,3-7,15H2,1-2H3,(H,16,17). The minimum absolute atomic E-state index is 0.0312. The van der Waals surface area contributed by atoms with Crippen LogP contribution in [-0.2, 0) is 4.79 Å². The molecule has 1 atom stereocenters. The minimum Gasteiger partial charge on any atom is -0.481 e. The molecule has 0 rings (SSSR count). The Morgan fingerprint density at radius 1 is 1.29 bits per heavy atom. The van der Waals surface area contributed by atoms with Crippen LogP contribution in [0.25, 0.3) is 0 Å². The van der Waals surface area contributed by atoms with E-state index in [1.165, 1.54) is 0 Å². The van der Waals surface area contributed by atoms with Gasteiger partial charge >= 0.3 is 12.1 Å². The Balaban J connectivity index is 4.54. The summed E-state index contributed by atoms with van der Waals surface area (Å²) in [5, 5.41) is 9.14. The molecule has 0 aromatic rings. The second-order valence-electron chi connectivity index (χ2n) is 4.86. The molecule has 1 unspecified atom stereocenters. The van der Waals surface area contributed by atoms with Crippen molar-refractivity contribution in [2.45, 2.75) is 45.7 Å². The zero-order chi connectivity index (χ0) is 13.7. The van der Waals surface area contributed by atoms with Gasteiger partial charge in [0.2, 0.25) is 0 Å². The van der Waals surface area contributed by atoms with E-state index in [9.17, 15) is 18.0 Å². The number of nitrogens with two attached hydrogens (primary N) is 1. The van der Waals surface area contributed by atoms with E-state index in [1.54, 1.807) is 0 Å². The summed E-state index contributed by atoms with van der Waals surface area (Å²) in [4.78, 5) is 11.2. The number of rotatable bonds is 7. The Bertz CT molecular complexity index is 254. The zero-order valence-corrected chi connectivity index (χ0v) is 10.2. The van der Waals surface area contributed by atoms with Crippen LogP contribution < -0.4 is 5.73 Å². The predicted molar refractivity (Wildman–Crippen MR) is 58.5 cm³/mol. The van der Waals surface area contributed by atoms with Gasteiger partial charge in [0.05, 0.1) is 5.41 Å². The van der Waals surface area contributed by atoms with Crippen molar-refractivity contribution in [3.8, 4) is 0 Å². The van der Waals surface area contributed by atoms with Crippen molar-refractivity contribution < 1.29 is 23.1 Å². The molecule has 6 heteroatoms. The number of alkyl halides is 3. The first kappa shape index (κ1) is 16.2. The third kappa shape index (κ3) is 5.91. The Morgan fingerprint density at radius 2 is 1.82 bits per heavy atom. The van der Waals surface area contributed by atoms with Crippen molar-refractivity contribution in [3.05, 3.63) is 0 Å². The first-order valence-electron chi connectivity index (χ1n) is 5.63. The van der Waals surface area contributed by atoms with Crippen LogP contribution in [0, 0.1) is 11.3 Å². The van der Waals surface area contributed by atoms with E-state index < -0.39 is 24.0 Å². The van der Waals surface area contributed by atoms with Gasteiger partial charge in [-0.15, -0.1) is 0 Å². The molecule has 0 spiro atoms. The molecule has 0 aliphatic carbocycles. The molecule has 0 aliphatic heterocycles. The molecule has 3 N–H and O–H groups in total. The number of carbonyl (C=O) groups is 1. The van der Waals surface area contributed by atoms with Crippen molar-refractivity contribution in [3.63, 3.8) is 0 Å². The van der Waals surface area contributed by atoms with E-state index in [4.69, 9.17) is 10.8 Å². The maximum absolute atomic E-state index is 12.0. The fourth-order valence-electron chi connectivity index (χ4n) is 1.98. The van der Waals surface area contributed by atoms with Crippen LogP contribution in [0.1, 0.15) is 39.5 Å². The number of halogens is 3. The number of aliphatic carboxylic acids is 1. The summed E-state index contributed by atoms with van der Waals surface area (Å²) in [5.74, 6) is -1.02. The van der Waals surface area contributed by atoms with Crippen molar-refractivity contribution in [2.75, 3.05) is 6.54 Å². The highest BCUT2D eigenvalue weighted by molar-refractivity contribution is 5.74. The molecular formula is C11H20F3NO2. The van der Waals surface area contributed by atoms with E-state index in [-0.39, 0.29) is 25.3 Å². The zero-order valence-electron chi connectivity index (χ0n) is 10.2. The Labute approximate surface area is 99.2 Å². The number of carboxylic acid groups (broad SMARTS) is 1. The van der Waals surface area contributed by atoms with Gasteiger partial charge in [-0.3, -0.25) is 4.79 Å². The summed E-state index contributed by atoms with van der Waals surface area (Å²) in [6, 6.07) is 0. The van der Waals surface area contributed by atoms with Crippen LogP contribution in [0.2, 0.25) is 0 Å². The molecule has 0 fully saturated rings. The topological polar surface area (TPSA) is 63.3 Å². The normalized spacial score (nSPS) is 15.9. The third-order valence-electron chi connectivity index (χ3n) is 2.76. The van der Waals surface area contributed by atoms with Crippen molar-refractivity contribution >= 4 is 5.97 Å². The minimum atomic E-state index is -4.24. The van der Waals surface area contributed by atoms with Gasteiger partial charge in [-0.1, -0.05) is 13.8 Å². The lowest BCUT2D eigenvalue weighted by atomic mass is 9.76. The highest BCUT2D eigenvalue weighted by atomic mass is 19.4. The van der Waals surface area contributed by atoms with Crippen LogP contribution in [0.3, 0.4) is 0 Å². The van der Waals surface area contributed by atoms with Crippen molar-refractivity contribution in [1.82, 2.24) is 0 Å². The molecule has 0 bridgehead atoms. The van der Waals surface area contributed by atoms with Gasteiger partial charge in [-0.05, 0) is 25.2 Å². The maximum atomic E-state index is 12.0. The van der Waals surface area contributed by atoms with Gasteiger partial charge in [0.15, 0.2) is 0 Å². The lowest BCUT2D eigenvalue weighted by Crippen LogP contribution is -2.40. The average molecular weight is 255 g/mol. The Kier molecular flexibility index (Phi) is 5.95. The fourth-order valence-corrected chi connectivity index (χ4v) is 1.98. The fraction of sp³-hybridized carbons (Fsp3) is 0.909. The molecule has 3 nitrogen and oxygen atoms in total. The molecule has 0 saturated heterocycles. The van der Waals surface area contributed by atoms with E-state index in [1.807, 2.05) is 13.8 Å². The van der Waals surface area contributed by atoms with Crippen LogP contribution in [0.15, 0.2) is 0 Å². The molecule has 0 saturated carbocycles. The molecule has 0 aromatic heterocycles. The van der Waals surface area contributed by atoms with Gasteiger partial charge in [-0.2, -0.15) is 13.2 Å². The van der Waals surface area contributed by atoms with E-state index in [0.29, 0.717) is 6.42 Å². The molecular weight excluding hydrogens is 235 g/mol. The summed E-state index contributed by atoms with van der Waals surface area (Å²) in [7, 11) is 0. The summed E-state index contributed by atoms with van der Waals surface area (Å²) >= 11 is 0. The maximum Gasteiger partial charge on any atom is 0.389 e. The Morgan fingerprint density at radius 3 is 2.12 bits per heavy atom. The molecule has 0 aromatic carbocycles. The highest BCUT2D eigenvalue weighted by Crippen LogP contribution is 2.34. The molecule has 102 valence electrons. The SMILES string of the molecule is CC(C)CC(CN)(CCCC(F)(F)F)C(=O)O. The number of carboxylic acids is 1. The van der Waals surface area contributed by atoms with Crippen LogP contribution in [-0.4, -0.2) is 23.8 Å². The Hall–Kier alpha value is -0.780. The van der Waals surface area contributed by atoms with Gasteiger partial charge in [0, 0.05) is 13.0 Å². The second-order valence-corrected chi connectivity index (χ2v) is 4.86. The third-order valence-corrected chi connectivity index (χ3v) is 2.76. The molecule has 17 heavy (non-hydrogen) atoms. The summed E-state index contributed by atoms with van der Waals surface area (Å²) in [5.41, 5.74) is 4.22. The van der Waals surface area contributed by atoms with Crippen molar-refractivity contribution in [1.29, 1.82) is 0 Å². The summed E-state index contributed by atoms with van der Waals surface area (Å²) in [6.45, 7) is 3.53. The largest absolute Gasteiger partial charge is 0.481 e. The smallest absolute Gasteiger partial charge is 0.389 e. The van der Waals surface area contributed by atoms with Crippen LogP contribution in [0.5, 0.6) is 0 Å². The molecule has 0 radical (unpaired) electrons. The highest BCUT2D eigenvalue weighted by Gasteiger charge is 2.38. The lowest BCUT2D eigenvalue weighted by molar-refractivity contribution is -0.153. The predicted octanol–water partition coefficient (Wildman–Crippen LogP) is 2.79. The van der Waals surface area contributed by atoms with Crippen LogP contribution >= 0.6 is 0 Å². The molecule has 0 heterocycles.